The number of hydrogen-bond donors (Lipinski definition) is 1. The molecule has 2 unspecified atom stereocenters. The molecule has 0 fully saturated rings. The highest BCUT2D eigenvalue weighted by Gasteiger charge is 2.24. The number of carbonyl (C=O) groups excluding carboxylic acids is 2. The number of primary amides is 1. The van der Waals surface area contributed by atoms with Crippen molar-refractivity contribution in [3.05, 3.63) is 35.1 Å². The summed E-state index contributed by atoms with van der Waals surface area (Å²) in [7, 11) is 0. The molecule has 0 saturated heterocycles. The normalized spacial score (nSPS) is 13.8. The number of aryl methyl sites for hydroxylation is 1. The van der Waals surface area contributed by atoms with E-state index in [-0.39, 0.29) is 30.4 Å². The summed E-state index contributed by atoms with van der Waals surface area (Å²) in [6.07, 6.45) is 0.865. The molecular formula is C16H22FNO2. The number of halogens is 1. The van der Waals surface area contributed by atoms with Crippen molar-refractivity contribution in [2.45, 2.75) is 40.0 Å². The molecule has 20 heavy (non-hydrogen) atoms. The highest BCUT2D eigenvalue weighted by atomic mass is 19.1. The molecule has 110 valence electrons. The second kappa shape index (κ2) is 7.17. The summed E-state index contributed by atoms with van der Waals surface area (Å²) in [6, 6.07) is 4.79. The summed E-state index contributed by atoms with van der Waals surface area (Å²) < 4.78 is 13.7. The van der Waals surface area contributed by atoms with Crippen LogP contribution in [-0.2, 0) is 16.0 Å². The largest absolute Gasteiger partial charge is 0.369 e. The van der Waals surface area contributed by atoms with E-state index in [1.54, 1.807) is 19.1 Å². The minimum Gasteiger partial charge on any atom is -0.369 e. The Kier molecular flexibility index (Phi) is 5.86. The molecule has 0 spiro atoms. The maximum absolute atomic E-state index is 13.7. The van der Waals surface area contributed by atoms with E-state index in [0.717, 1.165) is 12.0 Å². The van der Waals surface area contributed by atoms with Gasteiger partial charge in [-0.15, -0.1) is 0 Å². The number of hydrogen-bond acceptors (Lipinski definition) is 2. The highest BCUT2D eigenvalue weighted by molar-refractivity contribution is 5.87. The van der Waals surface area contributed by atoms with Gasteiger partial charge in [-0.05, 0) is 30.0 Å². The molecule has 0 aromatic heterocycles. The number of benzene rings is 1. The maximum Gasteiger partial charge on any atom is 0.221 e. The first-order valence-electron chi connectivity index (χ1n) is 6.91. The Balaban J connectivity index is 2.73. The van der Waals surface area contributed by atoms with E-state index >= 15 is 0 Å². The number of nitrogens with two attached hydrogens (primary N) is 1. The number of carbonyl (C=O) groups is 2. The van der Waals surface area contributed by atoms with E-state index < -0.39 is 11.8 Å². The molecule has 0 heterocycles. The van der Waals surface area contributed by atoms with Crippen LogP contribution in [0.4, 0.5) is 4.39 Å². The van der Waals surface area contributed by atoms with Gasteiger partial charge in [0.25, 0.3) is 0 Å². The second-order valence-electron chi connectivity index (χ2n) is 5.41. The average molecular weight is 279 g/mol. The molecule has 1 rings (SSSR count). The minimum absolute atomic E-state index is 0.00628. The average Bonchev–Trinajstić information content (AvgIpc) is 2.38. The lowest BCUT2D eigenvalue weighted by molar-refractivity contribution is -0.128. The van der Waals surface area contributed by atoms with Gasteiger partial charge in [-0.2, -0.15) is 0 Å². The summed E-state index contributed by atoms with van der Waals surface area (Å²) >= 11 is 0. The Morgan fingerprint density at radius 2 is 2.00 bits per heavy atom. The lowest BCUT2D eigenvalue weighted by Gasteiger charge is -2.18. The molecule has 0 aliphatic heterocycles. The highest BCUT2D eigenvalue weighted by Crippen LogP contribution is 2.20. The van der Waals surface area contributed by atoms with Gasteiger partial charge in [0, 0.05) is 18.8 Å². The van der Waals surface area contributed by atoms with Crippen LogP contribution in [0.1, 0.15) is 37.8 Å². The predicted molar refractivity (Wildman–Crippen MR) is 76.6 cm³/mol. The molecule has 0 bridgehead atoms. The third kappa shape index (κ3) is 4.44. The number of rotatable bonds is 7. The zero-order valence-electron chi connectivity index (χ0n) is 12.3. The molecule has 0 saturated carbocycles. The van der Waals surface area contributed by atoms with Crippen molar-refractivity contribution in [1.29, 1.82) is 0 Å². The van der Waals surface area contributed by atoms with Gasteiger partial charge in [-0.25, -0.2) is 4.39 Å². The van der Waals surface area contributed by atoms with Crippen LogP contribution in [0.2, 0.25) is 0 Å². The third-order valence-electron chi connectivity index (χ3n) is 3.74. The lowest BCUT2D eigenvalue weighted by Crippen LogP contribution is -2.31. The van der Waals surface area contributed by atoms with Crippen LogP contribution in [-0.4, -0.2) is 11.7 Å². The summed E-state index contributed by atoms with van der Waals surface area (Å²) in [5.41, 5.74) is 6.52. The van der Waals surface area contributed by atoms with Crippen LogP contribution >= 0.6 is 0 Å². The standard InChI is InChI=1S/C16H22FNO2/c1-4-11(3)14(16(18)20)9-13(19)8-12-6-5-10(2)7-15(12)17/h5-7,11,14H,4,8-9H2,1-3H3,(H2,18,20). The van der Waals surface area contributed by atoms with E-state index in [4.69, 9.17) is 5.73 Å². The van der Waals surface area contributed by atoms with Crippen LogP contribution in [0.5, 0.6) is 0 Å². The fraction of sp³-hybridized carbons (Fsp3) is 0.500. The van der Waals surface area contributed by atoms with Crippen molar-refractivity contribution in [1.82, 2.24) is 0 Å². The summed E-state index contributed by atoms with van der Waals surface area (Å²) in [6.45, 7) is 5.64. The zero-order valence-corrected chi connectivity index (χ0v) is 12.3. The molecule has 3 nitrogen and oxygen atoms in total. The molecule has 2 N–H and O–H groups in total. The van der Waals surface area contributed by atoms with E-state index in [1.165, 1.54) is 6.07 Å². The Morgan fingerprint density at radius 1 is 1.35 bits per heavy atom. The molecule has 2 atom stereocenters. The van der Waals surface area contributed by atoms with Gasteiger partial charge in [0.15, 0.2) is 0 Å². The second-order valence-corrected chi connectivity index (χ2v) is 5.41. The van der Waals surface area contributed by atoms with E-state index in [2.05, 4.69) is 0 Å². The monoisotopic (exact) mass is 279 g/mol. The number of amides is 1. The van der Waals surface area contributed by atoms with E-state index in [0.29, 0.717) is 5.56 Å². The number of ketones is 1. The van der Waals surface area contributed by atoms with Gasteiger partial charge in [0.2, 0.25) is 5.91 Å². The van der Waals surface area contributed by atoms with Crippen molar-refractivity contribution < 1.29 is 14.0 Å². The molecule has 0 aliphatic carbocycles. The molecule has 1 aromatic rings. The molecule has 1 amide bonds. The van der Waals surface area contributed by atoms with Crippen LogP contribution in [0.25, 0.3) is 0 Å². The first-order chi connectivity index (χ1) is 9.35. The van der Waals surface area contributed by atoms with E-state index in [9.17, 15) is 14.0 Å². The Hall–Kier alpha value is -1.71. The molecule has 4 heteroatoms. The van der Waals surface area contributed by atoms with Crippen molar-refractivity contribution >= 4 is 11.7 Å². The Bertz CT molecular complexity index is 499. The molecule has 1 aromatic carbocycles. The van der Waals surface area contributed by atoms with Gasteiger partial charge in [-0.3, -0.25) is 9.59 Å². The summed E-state index contributed by atoms with van der Waals surface area (Å²) in [4.78, 5) is 23.4. The van der Waals surface area contributed by atoms with Gasteiger partial charge >= 0.3 is 0 Å². The van der Waals surface area contributed by atoms with Crippen molar-refractivity contribution in [3.63, 3.8) is 0 Å². The first kappa shape index (κ1) is 16.3. The topological polar surface area (TPSA) is 60.2 Å². The van der Waals surface area contributed by atoms with Crippen molar-refractivity contribution in [2.24, 2.45) is 17.6 Å². The maximum atomic E-state index is 13.7. The fourth-order valence-corrected chi connectivity index (χ4v) is 2.19. The quantitative estimate of drug-likeness (QED) is 0.834. The fourth-order valence-electron chi connectivity index (χ4n) is 2.19. The molecule has 0 aliphatic rings. The van der Waals surface area contributed by atoms with Crippen LogP contribution in [0, 0.1) is 24.6 Å². The van der Waals surface area contributed by atoms with Gasteiger partial charge < -0.3 is 5.73 Å². The number of Topliss-reactive ketones (excluding diaryl/α,β-unsaturated/α-hetero) is 1. The smallest absolute Gasteiger partial charge is 0.221 e. The summed E-state index contributed by atoms with van der Waals surface area (Å²) in [5, 5.41) is 0. The van der Waals surface area contributed by atoms with E-state index in [1.807, 2.05) is 13.8 Å². The minimum atomic E-state index is -0.471. The molecule has 0 radical (unpaired) electrons. The molecular weight excluding hydrogens is 257 g/mol. The SMILES string of the molecule is CCC(C)C(CC(=O)Cc1ccc(C)cc1F)C(N)=O. The van der Waals surface area contributed by atoms with Crippen LogP contribution in [0.3, 0.4) is 0 Å². The Morgan fingerprint density at radius 3 is 2.50 bits per heavy atom. The third-order valence-corrected chi connectivity index (χ3v) is 3.74. The lowest BCUT2D eigenvalue weighted by atomic mass is 9.86. The van der Waals surface area contributed by atoms with Gasteiger partial charge in [0.05, 0.1) is 0 Å². The zero-order chi connectivity index (χ0) is 15.3. The van der Waals surface area contributed by atoms with Crippen molar-refractivity contribution in [3.8, 4) is 0 Å². The Labute approximate surface area is 119 Å². The predicted octanol–water partition coefficient (Wildman–Crippen LogP) is 2.78. The first-order valence-corrected chi connectivity index (χ1v) is 6.91. The van der Waals surface area contributed by atoms with Gasteiger partial charge in [0.1, 0.15) is 11.6 Å². The van der Waals surface area contributed by atoms with Crippen LogP contribution < -0.4 is 5.73 Å². The van der Waals surface area contributed by atoms with Crippen molar-refractivity contribution in [2.75, 3.05) is 0 Å². The summed E-state index contributed by atoms with van der Waals surface area (Å²) in [5.74, 6) is -1.41. The van der Waals surface area contributed by atoms with Crippen LogP contribution in [0.15, 0.2) is 18.2 Å². The van der Waals surface area contributed by atoms with Gasteiger partial charge in [-0.1, -0.05) is 32.4 Å².